The lowest BCUT2D eigenvalue weighted by molar-refractivity contribution is -0.384. The van der Waals surface area contributed by atoms with Crippen LogP contribution in [0.15, 0.2) is 42.5 Å². The van der Waals surface area contributed by atoms with Crippen LogP contribution < -0.4 is 10.2 Å². The van der Waals surface area contributed by atoms with Crippen LogP contribution in [0.25, 0.3) is 0 Å². The van der Waals surface area contributed by atoms with Crippen LogP contribution >= 0.6 is 0 Å². The van der Waals surface area contributed by atoms with Crippen molar-refractivity contribution in [2.45, 2.75) is 19.4 Å². The standard InChI is InChI=1S/C19H21N3O4/c1-13-11-14-5-3-4-6-17(14)21(13)19(23)15-7-8-16(20-9-10-26-2)18(12-15)22(24)25/h3-8,12-13,20H,9-11H2,1-2H3. The number of nitrogens with one attached hydrogen (secondary N) is 1. The molecule has 0 radical (unpaired) electrons. The van der Waals surface area contributed by atoms with Gasteiger partial charge in [0.05, 0.1) is 11.5 Å². The third kappa shape index (κ3) is 3.39. The molecule has 7 nitrogen and oxygen atoms in total. The van der Waals surface area contributed by atoms with Crippen LogP contribution in [0.4, 0.5) is 17.1 Å². The third-order valence-electron chi connectivity index (χ3n) is 4.49. The first kappa shape index (κ1) is 17.9. The summed E-state index contributed by atoms with van der Waals surface area (Å²) < 4.78 is 4.95. The van der Waals surface area contributed by atoms with Gasteiger partial charge in [0.25, 0.3) is 11.6 Å². The van der Waals surface area contributed by atoms with E-state index in [9.17, 15) is 14.9 Å². The normalized spacial score (nSPS) is 15.6. The van der Waals surface area contributed by atoms with Gasteiger partial charge in [-0.3, -0.25) is 14.9 Å². The zero-order valence-corrected chi connectivity index (χ0v) is 14.8. The lowest BCUT2D eigenvalue weighted by Crippen LogP contribution is -2.35. The molecule has 0 saturated heterocycles. The van der Waals surface area contributed by atoms with Crippen LogP contribution in [0.2, 0.25) is 0 Å². The molecule has 1 aliphatic rings. The highest BCUT2D eigenvalue weighted by Crippen LogP contribution is 2.34. The first-order chi connectivity index (χ1) is 12.5. The molecule has 3 rings (SSSR count). The Morgan fingerprint density at radius 1 is 1.35 bits per heavy atom. The van der Waals surface area contributed by atoms with Gasteiger partial charge in [-0.25, -0.2) is 0 Å². The van der Waals surface area contributed by atoms with E-state index in [0.29, 0.717) is 24.4 Å². The first-order valence-electron chi connectivity index (χ1n) is 8.45. The number of benzene rings is 2. The number of rotatable bonds is 6. The Labute approximate surface area is 151 Å². The van der Waals surface area contributed by atoms with Gasteiger partial charge in [-0.1, -0.05) is 18.2 Å². The summed E-state index contributed by atoms with van der Waals surface area (Å²) in [6, 6.07) is 12.3. The topological polar surface area (TPSA) is 84.7 Å². The number of para-hydroxylation sites is 1. The van der Waals surface area contributed by atoms with Crippen molar-refractivity contribution in [1.29, 1.82) is 0 Å². The van der Waals surface area contributed by atoms with Gasteiger partial charge >= 0.3 is 0 Å². The molecule has 0 fully saturated rings. The Morgan fingerprint density at radius 2 is 2.12 bits per heavy atom. The molecule has 136 valence electrons. The van der Waals surface area contributed by atoms with Crippen molar-refractivity contribution in [2.24, 2.45) is 0 Å². The molecule has 2 aromatic carbocycles. The summed E-state index contributed by atoms with van der Waals surface area (Å²) in [6.45, 7) is 2.86. The van der Waals surface area contributed by atoms with Gasteiger partial charge in [-0.15, -0.1) is 0 Å². The van der Waals surface area contributed by atoms with E-state index in [4.69, 9.17) is 4.74 Å². The van der Waals surface area contributed by atoms with E-state index in [1.165, 1.54) is 6.07 Å². The molecule has 1 N–H and O–H groups in total. The zero-order chi connectivity index (χ0) is 18.7. The smallest absolute Gasteiger partial charge is 0.293 e. The van der Waals surface area contributed by atoms with Crippen LogP contribution in [0, 0.1) is 10.1 Å². The Kier molecular flexibility index (Phi) is 5.18. The van der Waals surface area contributed by atoms with Crippen LogP contribution in [0.5, 0.6) is 0 Å². The van der Waals surface area contributed by atoms with Gasteiger partial charge in [0.2, 0.25) is 0 Å². The SMILES string of the molecule is COCCNc1ccc(C(=O)N2c3ccccc3CC2C)cc1[N+](=O)[O-]. The van der Waals surface area contributed by atoms with E-state index in [2.05, 4.69) is 5.32 Å². The molecule has 1 unspecified atom stereocenters. The number of nitro groups is 1. The summed E-state index contributed by atoms with van der Waals surface area (Å²) in [5, 5.41) is 14.4. The summed E-state index contributed by atoms with van der Waals surface area (Å²) in [5.74, 6) is -0.228. The highest BCUT2D eigenvalue weighted by molar-refractivity contribution is 6.08. The van der Waals surface area contributed by atoms with Gasteiger partial charge < -0.3 is 15.0 Å². The van der Waals surface area contributed by atoms with E-state index in [-0.39, 0.29) is 17.6 Å². The van der Waals surface area contributed by atoms with Crippen molar-refractivity contribution in [1.82, 2.24) is 0 Å². The summed E-state index contributed by atoms with van der Waals surface area (Å²) in [4.78, 5) is 25.7. The second kappa shape index (κ2) is 7.53. The maximum Gasteiger partial charge on any atom is 0.293 e. The highest BCUT2D eigenvalue weighted by Gasteiger charge is 2.32. The first-order valence-corrected chi connectivity index (χ1v) is 8.45. The molecule has 0 saturated carbocycles. The van der Waals surface area contributed by atoms with Gasteiger partial charge in [0.15, 0.2) is 0 Å². The minimum absolute atomic E-state index is 0.0125. The lowest BCUT2D eigenvalue weighted by atomic mass is 10.1. The number of anilines is 2. The van der Waals surface area contributed by atoms with Crippen molar-refractivity contribution in [3.63, 3.8) is 0 Å². The molecule has 2 aromatic rings. The van der Waals surface area contributed by atoms with Crippen molar-refractivity contribution in [3.8, 4) is 0 Å². The number of carbonyl (C=O) groups is 1. The fourth-order valence-electron chi connectivity index (χ4n) is 3.27. The molecular weight excluding hydrogens is 334 g/mol. The number of hydrogen-bond acceptors (Lipinski definition) is 5. The van der Waals surface area contributed by atoms with Gasteiger partial charge in [0, 0.05) is 37.0 Å². The average molecular weight is 355 g/mol. The summed E-state index contributed by atoms with van der Waals surface area (Å²) in [6.07, 6.45) is 0.778. The van der Waals surface area contributed by atoms with Gasteiger partial charge in [0.1, 0.15) is 5.69 Å². The molecule has 0 aliphatic carbocycles. The number of methoxy groups -OCH3 is 1. The van der Waals surface area contributed by atoms with E-state index >= 15 is 0 Å². The lowest BCUT2D eigenvalue weighted by Gasteiger charge is -2.23. The summed E-state index contributed by atoms with van der Waals surface area (Å²) in [7, 11) is 1.56. The second-order valence-corrected chi connectivity index (χ2v) is 6.27. The molecule has 26 heavy (non-hydrogen) atoms. The molecule has 1 atom stereocenters. The Hall–Kier alpha value is -2.93. The third-order valence-corrected chi connectivity index (χ3v) is 4.49. The van der Waals surface area contributed by atoms with E-state index in [1.807, 2.05) is 31.2 Å². The number of amides is 1. The maximum atomic E-state index is 13.0. The van der Waals surface area contributed by atoms with Crippen LogP contribution in [-0.2, 0) is 11.2 Å². The number of hydrogen-bond donors (Lipinski definition) is 1. The van der Waals surface area contributed by atoms with Gasteiger partial charge in [-0.2, -0.15) is 0 Å². The molecule has 1 heterocycles. The molecule has 0 bridgehead atoms. The second-order valence-electron chi connectivity index (χ2n) is 6.27. The number of fused-ring (bicyclic) bond motifs is 1. The fourth-order valence-corrected chi connectivity index (χ4v) is 3.27. The number of carbonyl (C=O) groups excluding carboxylic acids is 1. The molecule has 1 amide bonds. The van der Waals surface area contributed by atoms with E-state index < -0.39 is 4.92 Å². The zero-order valence-electron chi connectivity index (χ0n) is 14.8. The largest absolute Gasteiger partial charge is 0.383 e. The van der Waals surface area contributed by atoms with Gasteiger partial charge in [-0.05, 0) is 37.1 Å². The summed E-state index contributed by atoms with van der Waals surface area (Å²) >= 11 is 0. The Bertz CT molecular complexity index is 837. The molecule has 7 heteroatoms. The summed E-state index contributed by atoms with van der Waals surface area (Å²) in [5.41, 5.74) is 2.54. The average Bonchev–Trinajstić information content (AvgIpc) is 2.97. The van der Waals surface area contributed by atoms with E-state index in [0.717, 1.165) is 17.7 Å². The quantitative estimate of drug-likeness (QED) is 0.488. The highest BCUT2D eigenvalue weighted by atomic mass is 16.6. The van der Waals surface area contributed by atoms with Crippen molar-refractivity contribution >= 4 is 23.0 Å². The van der Waals surface area contributed by atoms with Crippen LogP contribution in [0.1, 0.15) is 22.8 Å². The number of nitro benzene ring substituents is 1. The molecular formula is C19H21N3O4. The van der Waals surface area contributed by atoms with Crippen LogP contribution in [-0.4, -0.2) is 37.1 Å². The van der Waals surface area contributed by atoms with E-state index in [1.54, 1.807) is 24.1 Å². The van der Waals surface area contributed by atoms with Crippen LogP contribution in [0.3, 0.4) is 0 Å². The molecule has 0 spiro atoms. The maximum absolute atomic E-state index is 13.0. The predicted molar refractivity (Wildman–Crippen MR) is 99.9 cm³/mol. The Balaban J connectivity index is 1.90. The van der Waals surface area contributed by atoms with Crippen molar-refractivity contribution < 1.29 is 14.5 Å². The van der Waals surface area contributed by atoms with Crippen molar-refractivity contribution in [3.05, 3.63) is 63.7 Å². The minimum atomic E-state index is -0.479. The monoisotopic (exact) mass is 355 g/mol. The number of nitrogens with zero attached hydrogens (tertiary/aromatic N) is 2. The Morgan fingerprint density at radius 3 is 2.85 bits per heavy atom. The fraction of sp³-hybridized carbons (Fsp3) is 0.316. The molecule has 1 aliphatic heterocycles. The minimum Gasteiger partial charge on any atom is -0.383 e. The predicted octanol–water partition coefficient (Wildman–Crippen LogP) is 3.24. The van der Waals surface area contributed by atoms with Crippen molar-refractivity contribution in [2.75, 3.05) is 30.5 Å². The number of ether oxygens (including phenoxy) is 1. The molecule has 0 aromatic heterocycles.